The van der Waals surface area contributed by atoms with Gasteiger partial charge in [0.15, 0.2) is 0 Å². The second-order valence-electron chi connectivity index (χ2n) is 5.08. The molecule has 18 heavy (non-hydrogen) atoms. The fraction of sp³-hybridized carbons (Fsp3) is 0.769. The Morgan fingerprint density at radius 3 is 2.94 bits per heavy atom. The molecule has 4 nitrogen and oxygen atoms in total. The van der Waals surface area contributed by atoms with E-state index in [1.807, 2.05) is 6.92 Å². The molecule has 5 heteroatoms. The molecule has 2 atom stereocenters. The van der Waals surface area contributed by atoms with E-state index >= 15 is 0 Å². The summed E-state index contributed by atoms with van der Waals surface area (Å²) in [5.74, 6) is 0.482. The number of aliphatic hydroxyl groups excluding tert-OH is 1. The van der Waals surface area contributed by atoms with Gasteiger partial charge in [0.2, 0.25) is 0 Å². The molecular weight excluding hydrogens is 248 g/mol. The standard InChI is InChI=1S/C13H22N2O2S/c1-4-17-12-6-15(5-11(12)16)7-13-14-10(8-18-13)9(2)3/h8-9,11-12,16H,4-7H2,1-3H3/t11-,12-/m0/s1. The molecule has 1 aliphatic rings. The summed E-state index contributed by atoms with van der Waals surface area (Å²) < 4.78 is 5.52. The van der Waals surface area contributed by atoms with Gasteiger partial charge < -0.3 is 9.84 Å². The predicted molar refractivity (Wildman–Crippen MR) is 72.9 cm³/mol. The average molecular weight is 270 g/mol. The summed E-state index contributed by atoms with van der Waals surface area (Å²) in [4.78, 5) is 6.84. The van der Waals surface area contributed by atoms with Crippen LogP contribution in [0.4, 0.5) is 0 Å². The normalized spacial score (nSPS) is 25.2. The van der Waals surface area contributed by atoms with Gasteiger partial charge in [-0.2, -0.15) is 0 Å². The van der Waals surface area contributed by atoms with Crippen LogP contribution < -0.4 is 0 Å². The van der Waals surface area contributed by atoms with E-state index in [2.05, 4.69) is 29.1 Å². The lowest BCUT2D eigenvalue weighted by Crippen LogP contribution is -2.26. The summed E-state index contributed by atoms with van der Waals surface area (Å²) in [5, 5.41) is 13.1. The van der Waals surface area contributed by atoms with Crippen molar-refractivity contribution in [1.29, 1.82) is 0 Å². The summed E-state index contributed by atoms with van der Waals surface area (Å²) in [6.45, 7) is 9.23. The zero-order valence-corrected chi connectivity index (χ0v) is 12.1. The van der Waals surface area contributed by atoms with Gasteiger partial charge in [-0.1, -0.05) is 13.8 Å². The zero-order chi connectivity index (χ0) is 13.1. The Bertz CT molecular complexity index is 381. The van der Waals surface area contributed by atoms with Crippen LogP contribution in [0, 0.1) is 0 Å². The third kappa shape index (κ3) is 3.29. The second kappa shape index (κ2) is 6.10. The molecule has 1 aromatic rings. The number of rotatable bonds is 5. The van der Waals surface area contributed by atoms with Gasteiger partial charge in [0.25, 0.3) is 0 Å². The quantitative estimate of drug-likeness (QED) is 0.887. The molecule has 102 valence electrons. The van der Waals surface area contributed by atoms with Crippen LogP contribution in [0.25, 0.3) is 0 Å². The minimum atomic E-state index is -0.366. The lowest BCUT2D eigenvalue weighted by atomic mass is 10.2. The van der Waals surface area contributed by atoms with Crippen molar-refractivity contribution in [3.05, 3.63) is 16.1 Å². The lowest BCUT2D eigenvalue weighted by molar-refractivity contribution is -0.00245. The summed E-state index contributed by atoms with van der Waals surface area (Å²) in [6.07, 6.45) is -0.408. The van der Waals surface area contributed by atoms with E-state index < -0.39 is 0 Å². The first-order chi connectivity index (χ1) is 8.60. The van der Waals surface area contributed by atoms with Gasteiger partial charge in [-0.05, 0) is 12.8 Å². The zero-order valence-electron chi connectivity index (χ0n) is 11.3. The van der Waals surface area contributed by atoms with Crippen LogP contribution in [0.5, 0.6) is 0 Å². The maximum Gasteiger partial charge on any atom is 0.107 e. The summed E-state index contributed by atoms with van der Waals surface area (Å²) in [6, 6.07) is 0. The number of β-amino-alcohol motifs (C(OH)–C–C–N with tert-alkyl or cyclic N) is 1. The Labute approximate surface area is 113 Å². The van der Waals surface area contributed by atoms with E-state index in [-0.39, 0.29) is 12.2 Å². The Hall–Kier alpha value is -0.490. The maximum absolute atomic E-state index is 9.88. The highest BCUT2D eigenvalue weighted by atomic mass is 32.1. The van der Waals surface area contributed by atoms with Gasteiger partial charge in [0, 0.05) is 25.1 Å². The molecule has 2 rings (SSSR count). The van der Waals surface area contributed by atoms with Crippen molar-refractivity contribution < 1.29 is 9.84 Å². The number of hydrogen-bond acceptors (Lipinski definition) is 5. The first-order valence-electron chi connectivity index (χ1n) is 6.56. The summed E-state index contributed by atoms with van der Waals surface area (Å²) >= 11 is 1.71. The molecule has 0 aliphatic carbocycles. The number of thiazole rings is 1. The molecule has 1 aromatic heterocycles. The topological polar surface area (TPSA) is 45.6 Å². The lowest BCUT2D eigenvalue weighted by Gasteiger charge is -2.13. The van der Waals surface area contributed by atoms with E-state index in [0.29, 0.717) is 19.1 Å². The highest BCUT2D eigenvalue weighted by Gasteiger charge is 2.31. The van der Waals surface area contributed by atoms with Crippen LogP contribution in [0.3, 0.4) is 0 Å². The first-order valence-corrected chi connectivity index (χ1v) is 7.44. The third-order valence-electron chi connectivity index (χ3n) is 3.21. The van der Waals surface area contributed by atoms with Crippen LogP contribution in [0.1, 0.15) is 37.4 Å². The predicted octanol–water partition coefficient (Wildman–Crippen LogP) is 1.85. The minimum absolute atomic E-state index is 0.0421. The molecule has 0 unspecified atom stereocenters. The fourth-order valence-electron chi connectivity index (χ4n) is 2.19. The van der Waals surface area contributed by atoms with Gasteiger partial charge in [-0.15, -0.1) is 11.3 Å². The highest BCUT2D eigenvalue weighted by Crippen LogP contribution is 2.21. The molecule has 0 amide bonds. The van der Waals surface area contributed by atoms with Gasteiger partial charge in [-0.25, -0.2) is 4.98 Å². The summed E-state index contributed by atoms with van der Waals surface area (Å²) in [7, 11) is 0. The van der Waals surface area contributed by atoms with E-state index in [4.69, 9.17) is 4.74 Å². The fourth-order valence-corrected chi connectivity index (χ4v) is 3.19. The number of hydrogen-bond donors (Lipinski definition) is 1. The van der Waals surface area contributed by atoms with Crippen molar-refractivity contribution in [2.75, 3.05) is 19.7 Å². The van der Waals surface area contributed by atoms with E-state index in [1.54, 1.807) is 11.3 Å². The number of ether oxygens (including phenoxy) is 1. The van der Waals surface area contributed by atoms with Crippen LogP contribution >= 0.6 is 11.3 Å². The molecule has 0 spiro atoms. The molecule has 1 N–H and O–H groups in total. The van der Waals surface area contributed by atoms with Crippen molar-refractivity contribution >= 4 is 11.3 Å². The van der Waals surface area contributed by atoms with Crippen LogP contribution in [0.2, 0.25) is 0 Å². The number of aliphatic hydroxyl groups is 1. The Morgan fingerprint density at radius 2 is 2.33 bits per heavy atom. The summed E-state index contributed by atoms with van der Waals surface area (Å²) in [5.41, 5.74) is 1.16. The molecule has 1 fully saturated rings. The molecule has 0 saturated carbocycles. The van der Waals surface area contributed by atoms with E-state index in [0.717, 1.165) is 23.8 Å². The van der Waals surface area contributed by atoms with Crippen molar-refractivity contribution in [2.24, 2.45) is 0 Å². The Morgan fingerprint density at radius 1 is 1.56 bits per heavy atom. The highest BCUT2D eigenvalue weighted by molar-refractivity contribution is 7.09. The van der Waals surface area contributed by atoms with Crippen LogP contribution in [-0.4, -0.2) is 46.9 Å². The molecule has 2 heterocycles. The van der Waals surface area contributed by atoms with E-state index in [9.17, 15) is 5.11 Å². The van der Waals surface area contributed by atoms with Crippen molar-refractivity contribution in [3.63, 3.8) is 0 Å². The van der Waals surface area contributed by atoms with Crippen LogP contribution in [-0.2, 0) is 11.3 Å². The number of aromatic nitrogens is 1. The van der Waals surface area contributed by atoms with Crippen LogP contribution in [0.15, 0.2) is 5.38 Å². The second-order valence-corrected chi connectivity index (χ2v) is 6.02. The van der Waals surface area contributed by atoms with Crippen molar-refractivity contribution in [1.82, 2.24) is 9.88 Å². The van der Waals surface area contributed by atoms with E-state index in [1.165, 1.54) is 0 Å². The number of nitrogens with zero attached hydrogens (tertiary/aromatic N) is 2. The molecule has 0 bridgehead atoms. The Balaban J connectivity index is 1.90. The molecule has 0 aromatic carbocycles. The van der Waals surface area contributed by atoms with Gasteiger partial charge in [0.05, 0.1) is 24.4 Å². The first kappa shape index (κ1) is 13.9. The van der Waals surface area contributed by atoms with Crippen molar-refractivity contribution in [2.45, 2.75) is 45.4 Å². The molecule has 1 saturated heterocycles. The monoisotopic (exact) mass is 270 g/mol. The van der Waals surface area contributed by atoms with Gasteiger partial charge >= 0.3 is 0 Å². The van der Waals surface area contributed by atoms with Gasteiger partial charge in [0.1, 0.15) is 5.01 Å². The number of likely N-dealkylation sites (tertiary alicyclic amines) is 1. The van der Waals surface area contributed by atoms with Gasteiger partial charge in [-0.3, -0.25) is 4.90 Å². The molecular formula is C13H22N2O2S. The van der Waals surface area contributed by atoms with Crippen molar-refractivity contribution in [3.8, 4) is 0 Å². The minimum Gasteiger partial charge on any atom is -0.389 e. The molecule has 1 aliphatic heterocycles. The maximum atomic E-state index is 9.88. The Kier molecular flexibility index (Phi) is 4.72. The smallest absolute Gasteiger partial charge is 0.107 e. The largest absolute Gasteiger partial charge is 0.389 e. The molecule has 0 radical (unpaired) electrons. The SMILES string of the molecule is CCO[C@H]1CN(Cc2nc(C(C)C)cs2)C[C@@H]1O. The third-order valence-corrected chi connectivity index (χ3v) is 4.07. The average Bonchev–Trinajstić information content (AvgIpc) is 2.88.